The second kappa shape index (κ2) is 10.6. The molecular weight excluding hydrogens is 455 g/mol. The van der Waals surface area contributed by atoms with Gasteiger partial charge in [-0.05, 0) is 29.5 Å². The van der Waals surface area contributed by atoms with Crippen LogP contribution in [0.1, 0.15) is 11.1 Å². The fourth-order valence-corrected chi connectivity index (χ4v) is 3.34. The second-order valence-corrected chi connectivity index (χ2v) is 6.87. The summed E-state index contributed by atoms with van der Waals surface area (Å²) in [6.07, 6.45) is 1.93. The first-order valence-electron chi connectivity index (χ1n) is 6.70. The number of non-ortho nitro benzene ring substituents is 2. The molecule has 0 amide bonds. The number of benzene rings is 2. The zero-order valence-corrected chi connectivity index (χ0v) is 16.9. The van der Waals surface area contributed by atoms with Crippen LogP contribution >= 0.6 is 50.9 Å². The van der Waals surface area contributed by atoms with Crippen LogP contribution in [0.2, 0.25) is 10.0 Å². The quantitative estimate of drug-likeness (QED) is 0.294. The summed E-state index contributed by atoms with van der Waals surface area (Å²) < 4.78 is 0. The Labute approximate surface area is 166 Å². The summed E-state index contributed by atoms with van der Waals surface area (Å²) in [6, 6.07) is 8.85. The smallest absolute Gasteiger partial charge is 0.258 e. The highest BCUT2D eigenvalue weighted by atomic mass is 79.9. The van der Waals surface area contributed by atoms with Crippen molar-refractivity contribution in [1.82, 2.24) is 0 Å². The molecule has 0 saturated heterocycles. The van der Waals surface area contributed by atoms with E-state index in [9.17, 15) is 20.2 Å². The van der Waals surface area contributed by atoms with Crippen molar-refractivity contribution < 1.29 is 9.85 Å². The number of rotatable bonds is 5. The molecule has 134 valence electrons. The Morgan fingerprint density at radius 2 is 1.40 bits per heavy atom. The van der Waals surface area contributed by atoms with E-state index in [1.54, 1.807) is 17.8 Å². The summed E-state index contributed by atoms with van der Waals surface area (Å²) >= 11 is 16.4. The highest BCUT2D eigenvalue weighted by Gasteiger charge is 2.09. The molecule has 0 aliphatic heterocycles. The first kappa shape index (κ1) is 21.7. The number of thioether (sulfide) groups is 1. The molecule has 0 fully saturated rings. The van der Waals surface area contributed by atoms with E-state index in [2.05, 4.69) is 15.9 Å². The van der Waals surface area contributed by atoms with Gasteiger partial charge in [-0.15, -0.1) is 0 Å². The van der Waals surface area contributed by atoms with Crippen molar-refractivity contribution in [3.63, 3.8) is 0 Å². The number of alkyl halides is 1. The van der Waals surface area contributed by atoms with Gasteiger partial charge in [0.15, 0.2) is 0 Å². The van der Waals surface area contributed by atoms with Gasteiger partial charge in [0.05, 0.1) is 9.85 Å². The Kier molecular flexibility index (Phi) is 9.20. The molecule has 2 rings (SSSR count). The van der Waals surface area contributed by atoms with Gasteiger partial charge in [-0.1, -0.05) is 39.1 Å². The van der Waals surface area contributed by atoms with E-state index in [1.807, 2.05) is 6.26 Å². The van der Waals surface area contributed by atoms with Crippen molar-refractivity contribution in [3.05, 3.63) is 77.8 Å². The van der Waals surface area contributed by atoms with Gasteiger partial charge >= 0.3 is 0 Å². The lowest BCUT2D eigenvalue weighted by Gasteiger charge is -2.00. The maximum atomic E-state index is 10.4. The Bertz CT molecular complexity index is 777. The van der Waals surface area contributed by atoms with Crippen LogP contribution in [0, 0.1) is 20.2 Å². The molecule has 0 aliphatic rings. The van der Waals surface area contributed by atoms with E-state index in [0.717, 1.165) is 11.1 Å². The molecule has 0 spiro atoms. The molecule has 0 aliphatic carbocycles. The van der Waals surface area contributed by atoms with Gasteiger partial charge in [0.2, 0.25) is 0 Å². The summed E-state index contributed by atoms with van der Waals surface area (Å²) in [7, 11) is 0. The first-order chi connectivity index (χ1) is 11.8. The normalized spacial score (nSPS) is 9.92. The number of nitro groups is 2. The predicted molar refractivity (Wildman–Crippen MR) is 106 cm³/mol. The van der Waals surface area contributed by atoms with E-state index < -0.39 is 9.85 Å². The van der Waals surface area contributed by atoms with E-state index in [4.69, 9.17) is 23.2 Å². The zero-order chi connectivity index (χ0) is 19.0. The van der Waals surface area contributed by atoms with E-state index in [0.29, 0.717) is 21.1 Å². The van der Waals surface area contributed by atoms with Gasteiger partial charge in [0.25, 0.3) is 11.4 Å². The third kappa shape index (κ3) is 6.81. The highest BCUT2D eigenvalue weighted by molar-refractivity contribution is 9.08. The molecule has 0 saturated carbocycles. The van der Waals surface area contributed by atoms with Gasteiger partial charge in [-0.25, -0.2) is 0 Å². The maximum absolute atomic E-state index is 10.4. The molecule has 6 nitrogen and oxygen atoms in total. The van der Waals surface area contributed by atoms with Crippen molar-refractivity contribution in [2.45, 2.75) is 11.1 Å². The number of nitro benzene ring substituents is 2. The van der Waals surface area contributed by atoms with Crippen LogP contribution in [0.25, 0.3) is 0 Å². The van der Waals surface area contributed by atoms with E-state index in [1.165, 1.54) is 30.3 Å². The largest absolute Gasteiger partial charge is 0.269 e. The Balaban J connectivity index is 0.000000251. The van der Waals surface area contributed by atoms with Crippen LogP contribution in [-0.4, -0.2) is 16.1 Å². The lowest BCUT2D eigenvalue weighted by molar-refractivity contribution is -0.385. The van der Waals surface area contributed by atoms with Crippen LogP contribution in [0.15, 0.2) is 36.4 Å². The number of hydrogen-bond donors (Lipinski definition) is 0. The number of halogens is 3. The van der Waals surface area contributed by atoms with Crippen LogP contribution < -0.4 is 0 Å². The summed E-state index contributed by atoms with van der Waals surface area (Å²) in [5.41, 5.74) is 1.69. The minimum Gasteiger partial charge on any atom is -0.258 e. The average molecular weight is 468 g/mol. The minimum atomic E-state index is -0.442. The third-order valence-corrected chi connectivity index (χ3v) is 4.87. The van der Waals surface area contributed by atoms with Crippen LogP contribution in [-0.2, 0) is 11.1 Å². The number of hydrogen-bond acceptors (Lipinski definition) is 5. The topological polar surface area (TPSA) is 86.3 Å². The highest BCUT2D eigenvalue weighted by Crippen LogP contribution is 2.25. The minimum absolute atomic E-state index is 0.0638. The average Bonchev–Trinajstić information content (AvgIpc) is 2.57. The fourth-order valence-electron chi connectivity index (χ4n) is 1.72. The van der Waals surface area contributed by atoms with Crippen molar-refractivity contribution in [2.24, 2.45) is 0 Å². The van der Waals surface area contributed by atoms with Crippen LogP contribution in [0.3, 0.4) is 0 Å². The van der Waals surface area contributed by atoms with Gasteiger partial charge < -0.3 is 0 Å². The van der Waals surface area contributed by atoms with E-state index >= 15 is 0 Å². The lowest BCUT2D eigenvalue weighted by atomic mass is 10.2. The fraction of sp³-hybridized carbons (Fsp3) is 0.200. The molecule has 0 aromatic heterocycles. The standard InChI is InChI=1S/C8H8ClNO2S.C7H5BrClNO2/c1-13-5-6-4-7(10(11)12)2-3-8(6)9;8-4-5-3-6(10(11)12)1-2-7(5)9/h2-4H,5H2,1H3;1-3H,4H2. The molecule has 0 N–H and O–H groups in total. The van der Waals surface area contributed by atoms with Gasteiger partial charge in [0.1, 0.15) is 0 Å². The van der Waals surface area contributed by atoms with Gasteiger partial charge in [-0.3, -0.25) is 20.2 Å². The molecule has 10 heteroatoms. The molecule has 0 unspecified atom stereocenters. The predicted octanol–water partition coefficient (Wildman–Crippen LogP) is 6.25. The SMILES string of the molecule is CSCc1cc([N+](=O)[O-])ccc1Cl.O=[N+]([O-])c1ccc(Cl)c(CBr)c1. The second-order valence-electron chi connectivity index (χ2n) is 4.63. The Hall–Kier alpha value is -1.35. The monoisotopic (exact) mass is 466 g/mol. The summed E-state index contributed by atoms with van der Waals surface area (Å²) in [6.45, 7) is 0. The molecule has 25 heavy (non-hydrogen) atoms. The summed E-state index contributed by atoms with van der Waals surface area (Å²) in [5, 5.41) is 22.4. The van der Waals surface area contributed by atoms with Crippen LogP contribution in [0.5, 0.6) is 0 Å². The van der Waals surface area contributed by atoms with Gasteiger partial charge in [0, 0.05) is 45.4 Å². The molecule has 0 heterocycles. The molecule has 0 atom stereocenters. The summed E-state index contributed by atoms with van der Waals surface area (Å²) in [5.74, 6) is 0.695. The Morgan fingerprint density at radius 1 is 0.960 bits per heavy atom. The van der Waals surface area contributed by atoms with Crippen LogP contribution in [0.4, 0.5) is 11.4 Å². The van der Waals surface area contributed by atoms with Crippen molar-refractivity contribution in [3.8, 4) is 0 Å². The molecular formula is C15H13BrCl2N2O4S. The van der Waals surface area contributed by atoms with Crippen molar-refractivity contribution in [1.29, 1.82) is 0 Å². The van der Waals surface area contributed by atoms with E-state index in [-0.39, 0.29) is 11.4 Å². The lowest BCUT2D eigenvalue weighted by Crippen LogP contribution is -1.90. The Morgan fingerprint density at radius 3 is 1.80 bits per heavy atom. The number of nitrogens with zero attached hydrogens (tertiary/aromatic N) is 2. The zero-order valence-electron chi connectivity index (χ0n) is 12.9. The molecule has 2 aromatic carbocycles. The first-order valence-corrected chi connectivity index (χ1v) is 9.97. The van der Waals surface area contributed by atoms with Crippen molar-refractivity contribution >= 4 is 62.3 Å². The van der Waals surface area contributed by atoms with Crippen molar-refractivity contribution in [2.75, 3.05) is 6.26 Å². The molecule has 2 aromatic rings. The molecule has 0 radical (unpaired) electrons. The van der Waals surface area contributed by atoms with Gasteiger partial charge in [-0.2, -0.15) is 11.8 Å². The third-order valence-electron chi connectivity index (χ3n) is 2.92. The summed E-state index contributed by atoms with van der Waals surface area (Å²) in [4.78, 5) is 19.9. The maximum Gasteiger partial charge on any atom is 0.269 e. The molecule has 0 bridgehead atoms.